The largest absolute Gasteiger partial charge is 0.381 e. The van der Waals surface area contributed by atoms with Crippen molar-refractivity contribution in [3.63, 3.8) is 0 Å². The number of benzene rings is 2. The third kappa shape index (κ3) is 13.6. The number of likely N-dealkylation sites (tertiary alicyclic amines) is 2. The van der Waals surface area contributed by atoms with E-state index in [1.54, 1.807) is 0 Å². The molecule has 0 spiro atoms. The van der Waals surface area contributed by atoms with Gasteiger partial charge in [-0.1, -0.05) is 74.5 Å². The van der Waals surface area contributed by atoms with Gasteiger partial charge < -0.3 is 35.3 Å². The fourth-order valence-electron chi connectivity index (χ4n) is 9.15. The molecule has 5 saturated heterocycles. The van der Waals surface area contributed by atoms with Crippen molar-refractivity contribution in [2.75, 3.05) is 52.6 Å². The Morgan fingerprint density at radius 2 is 1.12 bits per heavy atom. The maximum absolute atomic E-state index is 12.5. The van der Waals surface area contributed by atoms with E-state index >= 15 is 0 Å². The number of carbonyl (C=O) groups excluding carboxylic acids is 4. The highest BCUT2D eigenvalue weighted by Crippen LogP contribution is 2.32. The van der Waals surface area contributed by atoms with E-state index in [0.717, 1.165) is 39.3 Å². The number of aromatic amines is 2. The summed E-state index contributed by atoms with van der Waals surface area (Å²) in [4.78, 5) is 86.0. The number of nitrogens with one attached hydrogen (secondary N) is 3. The molecule has 0 bridgehead atoms. The van der Waals surface area contributed by atoms with Gasteiger partial charge in [0.15, 0.2) is 0 Å². The first-order valence-electron chi connectivity index (χ1n) is 23.6. The van der Waals surface area contributed by atoms with Gasteiger partial charge >= 0.3 is 5.97 Å². The average molecular weight is 938 g/mol. The molecule has 0 saturated carbocycles. The molecule has 3 amide bonds. The Kier molecular flexibility index (Phi) is 17.8. The minimum Gasteiger partial charge on any atom is -0.381 e. The summed E-state index contributed by atoms with van der Waals surface area (Å²) in [6, 6.07) is 20.8. The number of carbonyl (C=O) groups is 4. The number of rotatable bonds is 12. The van der Waals surface area contributed by atoms with Crippen LogP contribution >= 0.6 is 0 Å². The van der Waals surface area contributed by atoms with Crippen molar-refractivity contribution in [1.82, 2.24) is 50.5 Å². The van der Waals surface area contributed by atoms with Crippen LogP contribution < -0.4 is 22.2 Å². The van der Waals surface area contributed by atoms with E-state index < -0.39 is 17.8 Å². The molecule has 5 fully saturated rings. The molecule has 7 heterocycles. The molecular weight excluding hydrogens is 875 g/mol. The number of ether oxygens (including phenoxy) is 2. The van der Waals surface area contributed by atoms with Gasteiger partial charge in [0.1, 0.15) is 23.0 Å². The molecule has 2 aromatic carbocycles. The molecule has 4 unspecified atom stereocenters. The van der Waals surface area contributed by atoms with Crippen molar-refractivity contribution in [1.29, 1.82) is 0 Å². The summed E-state index contributed by atoms with van der Waals surface area (Å²) in [5.41, 5.74) is 8.07. The zero-order valence-electron chi connectivity index (χ0n) is 38.8. The van der Waals surface area contributed by atoms with Gasteiger partial charge in [-0.15, -0.1) is 25.5 Å². The van der Waals surface area contributed by atoms with Gasteiger partial charge in [0.2, 0.25) is 5.91 Å². The minimum atomic E-state index is -0.507. The Balaban J connectivity index is 0.000000159. The smallest absolute Gasteiger partial charge is 0.336 e. The second-order valence-electron chi connectivity index (χ2n) is 18.2. The first-order chi connectivity index (χ1) is 32.9. The molecule has 4 aromatic rings. The summed E-state index contributed by atoms with van der Waals surface area (Å²) >= 11 is 0. The van der Waals surface area contributed by atoms with Gasteiger partial charge in [0.25, 0.3) is 22.9 Å². The molecular formula is C48H63N11O9. The second-order valence-corrected chi connectivity index (χ2v) is 18.2. The van der Waals surface area contributed by atoms with E-state index in [9.17, 15) is 28.8 Å². The number of imide groups is 1. The highest BCUT2D eigenvalue weighted by molar-refractivity contribution is 6.01. The maximum Gasteiger partial charge on any atom is 0.336 e. The van der Waals surface area contributed by atoms with Gasteiger partial charge in [-0.25, -0.2) is 4.79 Å². The Hall–Kier alpha value is -6.06. The topological polar surface area (TPSA) is 261 Å². The molecule has 0 aliphatic carbocycles. The third-order valence-electron chi connectivity index (χ3n) is 13.1. The van der Waals surface area contributed by atoms with E-state index in [1.165, 1.54) is 11.1 Å². The van der Waals surface area contributed by atoms with Crippen LogP contribution in [0.2, 0.25) is 0 Å². The lowest BCUT2D eigenvalue weighted by molar-refractivity contribution is -0.202. The fourth-order valence-corrected chi connectivity index (χ4v) is 9.15. The molecule has 2 aromatic heterocycles. The minimum absolute atomic E-state index is 0.0513. The first kappa shape index (κ1) is 49.8. The van der Waals surface area contributed by atoms with E-state index in [1.807, 2.05) is 12.1 Å². The lowest BCUT2D eigenvalue weighted by atomic mass is 9.97. The summed E-state index contributed by atoms with van der Waals surface area (Å²) in [6.07, 6.45) is 2.83. The Morgan fingerprint density at radius 1 is 0.662 bits per heavy atom. The molecule has 5 N–H and O–H groups in total. The molecule has 20 nitrogen and oxygen atoms in total. The summed E-state index contributed by atoms with van der Waals surface area (Å²) < 4.78 is 10.4. The SMILES string of the molecule is CC1CN(Cc2ccccc2)CC1c1nnc(CN)c(=O)[nH]1.CC1CN(Cc2ccccc2)CC1c1nnc(CNC(=O)C2CCOCC2)c(=O)[nH]1.O=C(ON1C(=O)CCC1=O)C1CCOCC1. The van der Waals surface area contributed by atoms with E-state index in [2.05, 4.69) is 108 Å². The van der Waals surface area contributed by atoms with Gasteiger partial charge in [0.05, 0.1) is 12.5 Å². The van der Waals surface area contributed by atoms with Crippen LogP contribution in [0.25, 0.3) is 0 Å². The predicted molar refractivity (Wildman–Crippen MR) is 247 cm³/mol. The van der Waals surface area contributed by atoms with Crippen molar-refractivity contribution in [2.24, 2.45) is 29.4 Å². The van der Waals surface area contributed by atoms with Crippen molar-refractivity contribution < 1.29 is 33.5 Å². The normalized spacial score (nSPS) is 22.5. The standard InChI is InChI=1S/C22H29N5O3.C16H21N5O.C10H13NO5/c1-15-12-27(13-16-5-3-2-4-6-16)14-18(15)20-24-22(29)19(25-26-20)11-23-21(28)17-7-9-30-10-8-17;1-11-8-21(9-12-5-3-2-4-6-12)10-13(11)15-18-16(22)14(7-17)19-20-15;12-8-1-2-9(13)11(8)16-10(14)7-3-5-15-6-4-7/h2-6,15,17-18H,7-14H2,1H3,(H,23,28)(H,24,26,29);2-6,11,13H,7-10,17H2,1H3,(H,18,20,22);7H,1-6H2. The van der Waals surface area contributed by atoms with Crippen LogP contribution in [0.1, 0.15) is 98.4 Å². The Morgan fingerprint density at radius 3 is 1.57 bits per heavy atom. The monoisotopic (exact) mass is 937 g/mol. The van der Waals surface area contributed by atoms with Gasteiger partial charge in [-0.05, 0) is 48.6 Å². The van der Waals surface area contributed by atoms with Crippen molar-refractivity contribution >= 4 is 23.7 Å². The number of amides is 3. The molecule has 0 radical (unpaired) electrons. The highest BCUT2D eigenvalue weighted by Gasteiger charge is 2.36. The zero-order valence-corrected chi connectivity index (χ0v) is 38.8. The number of nitrogens with zero attached hydrogens (tertiary/aromatic N) is 7. The van der Waals surface area contributed by atoms with Crippen molar-refractivity contribution in [3.8, 4) is 0 Å². The molecule has 20 heteroatoms. The molecule has 4 atom stereocenters. The molecule has 5 aliphatic rings. The van der Waals surface area contributed by atoms with Gasteiger partial charge in [0, 0.05) is 103 Å². The van der Waals surface area contributed by atoms with E-state index in [0.29, 0.717) is 80.7 Å². The van der Waals surface area contributed by atoms with E-state index in [4.69, 9.17) is 20.0 Å². The number of hydrogen-bond acceptors (Lipinski definition) is 16. The molecule has 9 rings (SSSR count). The van der Waals surface area contributed by atoms with Crippen LogP contribution in [-0.4, -0.2) is 122 Å². The van der Waals surface area contributed by atoms with Crippen LogP contribution in [0.3, 0.4) is 0 Å². The first-order valence-corrected chi connectivity index (χ1v) is 23.6. The average Bonchev–Trinajstić information content (AvgIpc) is 4.03. The van der Waals surface area contributed by atoms with Gasteiger partial charge in [-0.2, -0.15) is 0 Å². The molecule has 68 heavy (non-hydrogen) atoms. The quantitative estimate of drug-likeness (QED) is 0.149. The van der Waals surface area contributed by atoms with Crippen LogP contribution in [0.5, 0.6) is 0 Å². The van der Waals surface area contributed by atoms with Crippen LogP contribution in [-0.2, 0) is 59.7 Å². The number of hydrogen-bond donors (Lipinski definition) is 4. The van der Waals surface area contributed by atoms with Crippen LogP contribution in [0, 0.1) is 23.7 Å². The summed E-state index contributed by atoms with van der Waals surface area (Å²) in [5, 5.41) is 20.0. The number of hydroxylamine groups is 2. The maximum atomic E-state index is 12.5. The summed E-state index contributed by atoms with van der Waals surface area (Å²) in [5.74, 6) is 0.681. The van der Waals surface area contributed by atoms with Gasteiger partial charge in [-0.3, -0.25) is 33.8 Å². The molecule has 5 aliphatic heterocycles. The van der Waals surface area contributed by atoms with Crippen molar-refractivity contribution in [3.05, 3.63) is 116 Å². The highest BCUT2D eigenvalue weighted by atomic mass is 16.7. The molecule has 364 valence electrons. The zero-order chi connectivity index (χ0) is 48.0. The lowest BCUT2D eigenvalue weighted by Crippen LogP contribution is -2.36. The third-order valence-corrected chi connectivity index (χ3v) is 13.1. The number of nitrogens with two attached hydrogens (primary N) is 1. The van der Waals surface area contributed by atoms with E-state index in [-0.39, 0.29) is 78.0 Å². The predicted octanol–water partition coefficient (Wildman–Crippen LogP) is 2.32. The lowest BCUT2D eigenvalue weighted by Gasteiger charge is -2.22. The van der Waals surface area contributed by atoms with Crippen LogP contribution in [0.15, 0.2) is 70.3 Å². The summed E-state index contributed by atoms with van der Waals surface area (Å²) in [7, 11) is 0. The number of H-pyrrole nitrogens is 2. The Labute approximate surface area is 394 Å². The number of aromatic nitrogens is 6. The fraction of sp³-hybridized carbons (Fsp3) is 0.542. The Bertz CT molecular complexity index is 2410. The van der Waals surface area contributed by atoms with Crippen molar-refractivity contribution in [2.45, 2.75) is 90.4 Å². The second kappa shape index (κ2) is 24.3. The van der Waals surface area contributed by atoms with Crippen LogP contribution in [0.4, 0.5) is 0 Å². The summed E-state index contributed by atoms with van der Waals surface area (Å²) in [6.45, 7) is 12.3.